The minimum absolute atomic E-state index is 0.00182. The zero-order chi connectivity index (χ0) is 31.5. The molecule has 3 aromatic rings. The molecule has 2 N–H and O–H groups in total. The number of hydrogen-bond donors (Lipinski definition) is 2. The average molecular weight is 632 g/mol. The summed E-state index contributed by atoms with van der Waals surface area (Å²) in [5.74, 6) is 0.538. The first kappa shape index (κ1) is 33.9. The molecule has 0 aliphatic carbocycles. The molecule has 1 aromatic heterocycles. The molecule has 12 heteroatoms. The number of amides is 2. The molecule has 0 aliphatic rings. The number of nitrogens with one attached hydrogen (secondary N) is 1. The van der Waals surface area contributed by atoms with Gasteiger partial charge in [0, 0.05) is 37.1 Å². The van der Waals surface area contributed by atoms with Gasteiger partial charge in [0.15, 0.2) is 0 Å². The fourth-order valence-electron chi connectivity index (χ4n) is 4.39. The van der Waals surface area contributed by atoms with E-state index in [0.29, 0.717) is 31.6 Å². The van der Waals surface area contributed by atoms with Gasteiger partial charge in [-0.3, -0.25) is 0 Å². The van der Waals surface area contributed by atoms with Crippen molar-refractivity contribution in [1.29, 1.82) is 0 Å². The summed E-state index contributed by atoms with van der Waals surface area (Å²) in [6.07, 6.45) is -0.167. The van der Waals surface area contributed by atoms with Gasteiger partial charge in [0.25, 0.3) is 0 Å². The lowest BCUT2D eigenvalue weighted by Crippen LogP contribution is -2.47. The first-order valence-electron chi connectivity index (χ1n) is 14.1. The molecular formula is C31H41N3O7S2. The van der Waals surface area contributed by atoms with Gasteiger partial charge < -0.3 is 24.8 Å². The molecule has 0 fully saturated rings. The van der Waals surface area contributed by atoms with Crippen molar-refractivity contribution >= 4 is 33.5 Å². The molecule has 10 nitrogen and oxygen atoms in total. The molecule has 2 amide bonds. The molecule has 0 spiro atoms. The minimum Gasteiger partial charge on any atom is -0.497 e. The fraction of sp³-hybridized carbons (Fsp3) is 0.419. The van der Waals surface area contributed by atoms with Gasteiger partial charge >= 0.3 is 12.2 Å². The fourth-order valence-corrected chi connectivity index (χ4v) is 6.65. The third kappa shape index (κ3) is 11.2. The van der Waals surface area contributed by atoms with Gasteiger partial charge in [-0.2, -0.15) is 4.31 Å². The lowest BCUT2D eigenvalue weighted by molar-refractivity contribution is 0.0494. The van der Waals surface area contributed by atoms with Crippen LogP contribution >= 0.6 is 11.3 Å². The smallest absolute Gasteiger partial charge is 0.407 e. The number of thiophene rings is 1. The van der Waals surface area contributed by atoms with E-state index in [9.17, 15) is 23.1 Å². The van der Waals surface area contributed by atoms with E-state index in [0.717, 1.165) is 10.4 Å². The van der Waals surface area contributed by atoms with Crippen LogP contribution in [-0.4, -0.2) is 66.8 Å². The molecule has 1 heterocycles. The average Bonchev–Trinajstić information content (AvgIpc) is 3.47. The second-order valence-electron chi connectivity index (χ2n) is 11.1. The maximum Gasteiger partial charge on any atom is 0.407 e. The van der Waals surface area contributed by atoms with Gasteiger partial charge in [0.1, 0.15) is 11.4 Å². The highest BCUT2D eigenvalue weighted by Crippen LogP contribution is 2.24. The first-order valence-corrected chi connectivity index (χ1v) is 16.4. The standard InChI is InChI=1S/C31H41N3O7S2/c1-31(2,3)41-29(35)32-25(13-8-9-19-33(30(36)37)21-24-11-6-5-7-12-24)22-34(23-27-14-10-20-42-27)43(38,39)28-17-15-26(40-4)16-18-28/h5-7,10-12,14-18,20,25H,8-9,13,19,21-23H2,1-4H3,(H,32,35)(H,36,37)/t25-/m0/s1. The summed E-state index contributed by atoms with van der Waals surface area (Å²) in [4.78, 5) is 27.0. The van der Waals surface area contributed by atoms with Crippen molar-refractivity contribution in [2.24, 2.45) is 0 Å². The normalized spacial score (nSPS) is 12.5. The maximum absolute atomic E-state index is 13.8. The number of sulfonamides is 1. The summed E-state index contributed by atoms with van der Waals surface area (Å²) < 4.78 is 39.7. The molecule has 0 aliphatic heterocycles. The van der Waals surface area contributed by atoms with Gasteiger partial charge in [-0.1, -0.05) is 36.4 Å². The SMILES string of the molecule is COc1ccc(S(=O)(=O)N(Cc2cccs2)C[C@H](CCCCN(Cc2ccccc2)C(=O)O)NC(=O)OC(C)(C)C)cc1. The Morgan fingerprint density at radius 2 is 1.67 bits per heavy atom. The predicted octanol–water partition coefficient (Wildman–Crippen LogP) is 6.19. The molecule has 0 saturated carbocycles. The number of ether oxygens (including phenoxy) is 2. The number of carbonyl (C=O) groups excluding carboxylic acids is 1. The van der Waals surface area contributed by atoms with E-state index in [2.05, 4.69) is 5.32 Å². The van der Waals surface area contributed by atoms with E-state index in [4.69, 9.17) is 9.47 Å². The monoisotopic (exact) mass is 631 g/mol. The number of carbonyl (C=O) groups is 2. The molecule has 0 bridgehead atoms. The van der Waals surface area contributed by atoms with E-state index in [1.165, 1.54) is 39.8 Å². The molecule has 1 atom stereocenters. The Labute approximate surface area is 258 Å². The molecule has 234 valence electrons. The van der Waals surface area contributed by atoms with Crippen LogP contribution in [0.15, 0.2) is 77.0 Å². The Balaban J connectivity index is 1.77. The topological polar surface area (TPSA) is 125 Å². The lowest BCUT2D eigenvalue weighted by Gasteiger charge is -2.29. The molecule has 43 heavy (non-hydrogen) atoms. The summed E-state index contributed by atoms with van der Waals surface area (Å²) in [5.41, 5.74) is 0.155. The van der Waals surface area contributed by atoms with Crippen molar-refractivity contribution in [3.8, 4) is 5.75 Å². The maximum atomic E-state index is 13.8. The molecular weight excluding hydrogens is 590 g/mol. The van der Waals surface area contributed by atoms with E-state index < -0.39 is 33.9 Å². The van der Waals surface area contributed by atoms with Gasteiger partial charge in [-0.15, -0.1) is 11.3 Å². The van der Waals surface area contributed by atoms with Crippen LogP contribution in [0.5, 0.6) is 5.75 Å². The van der Waals surface area contributed by atoms with Crippen LogP contribution in [0.1, 0.15) is 50.5 Å². The summed E-state index contributed by atoms with van der Waals surface area (Å²) in [7, 11) is -2.44. The molecule has 2 aromatic carbocycles. The van der Waals surface area contributed by atoms with Crippen molar-refractivity contribution in [3.05, 3.63) is 82.6 Å². The summed E-state index contributed by atoms with van der Waals surface area (Å²) in [6.45, 7) is 5.96. The van der Waals surface area contributed by atoms with Gasteiger partial charge in [0.2, 0.25) is 10.0 Å². The highest BCUT2D eigenvalue weighted by Gasteiger charge is 2.29. The Morgan fingerprint density at radius 3 is 2.26 bits per heavy atom. The Bertz CT molecular complexity index is 1390. The predicted molar refractivity (Wildman–Crippen MR) is 167 cm³/mol. The van der Waals surface area contributed by atoms with Crippen LogP contribution in [-0.2, 0) is 27.8 Å². The van der Waals surface area contributed by atoms with E-state index in [1.807, 2.05) is 47.8 Å². The molecule has 0 saturated heterocycles. The molecule has 0 unspecified atom stereocenters. The molecule has 0 radical (unpaired) electrons. The van der Waals surface area contributed by atoms with Gasteiger partial charge in [-0.25, -0.2) is 18.0 Å². The third-order valence-corrected chi connectivity index (χ3v) is 9.16. The highest BCUT2D eigenvalue weighted by atomic mass is 32.2. The number of benzene rings is 2. The van der Waals surface area contributed by atoms with Crippen molar-refractivity contribution in [3.63, 3.8) is 0 Å². The zero-order valence-corrected chi connectivity index (χ0v) is 26.7. The second-order valence-corrected chi connectivity index (χ2v) is 14.1. The number of rotatable bonds is 15. The first-order chi connectivity index (χ1) is 20.4. The summed E-state index contributed by atoms with van der Waals surface area (Å²) >= 11 is 1.45. The largest absolute Gasteiger partial charge is 0.497 e. The number of methoxy groups -OCH3 is 1. The van der Waals surface area contributed by atoms with Crippen LogP contribution in [0, 0.1) is 0 Å². The number of hydrogen-bond acceptors (Lipinski definition) is 7. The summed E-state index contributed by atoms with van der Waals surface area (Å²) in [6, 6.07) is 18.7. The van der Waals surface area contributed by atoms with E-state index in [1.54, 1.807) is 32.9 Å². The number of carboxylic acid groups (broad SMARTS) is 1. The number of nitrogens with zero attached hydrogens (tertiary/aromatic N) is 2. The minimum atomic E-state index is -3.95. The Kier molecular flexibility index (Phi) is 12.4. The molecule has 3 rings (SSSR count). The van der Waals surface area contributed by atoms with Crippen molar-refractivity contribution in [1.82, 2.24) is 14.5 Å². The lowest BCUT2D eigenvalue weighted by atomic mass is 10.1. The van der Waals surface area contributed by atoms with Crippen LogP contribution in [0.2, 0.25) is 0 Å². The van der Waals surface area contributed by atoms with Crippen molar-refractivity contribution in [2.75, 3.05) is 20.2 Å². The van der Waals surface area contributed by atoms with Crippen LogP contribution < -0.4 is 10.1 Å². The number of alkyl carbamates (subject to hydrolysis) is 1. The van der Waals surface area contributed by atoms with E-state index in [-0.39, 0.29) is 24.5 Å². The zero-order valence-electron chi connectivity index (χ0n) is 25.1. The quantitative estimate of drug-likeness (QED) is 0.192. The van der Waals surface area contributed by atoms with Crippen LogP contribution in [0.3, 0.4) is 0 Å². The Morgan fingerprint density at radius 1 is 0.977 bits per heavy atom. The number of unbranched alkanes of at least 4 members (excludes halogenated alkanes) is 1. The van der Waals surface area contributed by atoms with Crippen molar-refractivity contribution < 1.29 is 32.6 Å². The van der Waals surface area contributed by atoms with E-state index >= 15 is 0 Å². The van der Waals surface area contributed by atoms with Gasteiger partial charge in [0.05, 0.1) is 12.0 Å². The Hall–Kier alpha value is -3.61. The van der Waals surface area contributed by atoms with Crippen LogP contribution in [0.4, 0.5) is 9.59 Å². The van der Waals surface area contributed by atoms with Crippen LogP contribution in [0.25, 0.3) is 0 Å². The highest BCUT2D eigenvalue weighted by molar-refractivity contribution is 7.89. The summed E-state index contributed by atoms with van der Waals surface area (Å²) in [5, 5.41) is 14.5. The third-order valence-electron chi connectivity index (χ3n) is 6.47. The van der Waals surface area contributed by atoms with Crippen molar-refractivity contribution in [2.45, 2.75) is 69.7 Å². The second kappa shape index (κ2) is 15.7. The van der Waals surface area contributed by atoms with Gasteiger partial charge in [-0.05, 0) is 81.3 Å².